The Morgan fingerprint density at radius 2 is 1.63 bits per heavy atom. The van der Waals surface area contributed by atoms with Crippen LogP contribution in [-0.4, -0.2) is 125 Å². The Hall–Kier alpha value is -4.38. The molecule has 8 atom stereocenters. The first-order valence-corrected chi connectivity index (χ1v) is 23.6. The molecule has 2 aromatic carbocycles. The first-order valence-electron chi connectivity index (χ1n) is 23.6. The van der Waals surface area contributed by atoms with Crippen LogP contribution in [0.2, 0.25) is 0 Å². The van der Waals surface area contributed by atoms with E-state index in [-0.39, 0.29) is 45.4 Å². The molecule has 3 saturated heterocycles. The van der Waals surface area contributed by atoms with Crippen molar-refractivity contribution in [2.75, 3.05) is 26.9 Å². The summed E-state index contributed by atoms with van der Waals surface area (Å²) in [7, 11) is 1.58. The van der Waals surface area contributed by atoms with Gasteiger partial charge in [0.05, 0.1) is 32.1 Å². The average molecular weight is 906 g/mol. The van der Waals surface area contributed by atoms with E-state index in [0.29, 0.717) is 12.8 Å². The zero-order valence-corrected chi connectivity index (χ0v) is 39.1. The summed E-state index contributed by atoms with van der Waals surface area (Å²) >= 11 is 0. The number of carbonyl (C=O) groups is 4. The topological polar surface area (TPSA) is 183 Å². The monoisotopic (exact) mass is 906 g/mol. The molecule has 4 aliphatic rings. The molecule has 4 fully saturated rings. The van der Waals surface area contributed by atoms with E-state index in [0.717, 1.165) is 55.2 Å². The fourth-order valence-electron chi connectivity index (χ4n) is 9.74. The van der Waals surface area contributed by atoms with E-state index in [9.17, 15) is 19.5 Å². The van der Waals surface area contributed by atoms with Crippen molar-refractivity contribution < 1.29 is 57.9 Å². The van der Waals surface area contributed by atoms with Crippen LogP contribution in [0.3, 0.4) is 0 Å². The van der Waals surface area contributed by atoms with Gasteiger partial charge in [-0.15, -0.1) is 0 Å². The number of hydrogen-bond donors (Lipinski definition) is 3. The van der Waals surface area contributed by atoms with Crippen molar-refractivity contribution in [2.45, 2.75) is 172 Å². The summed E-state index contributed by atoms with van der Waals surface area (Å²) in [5.41, 5.74) is 0.214. The second kappa shape index (κ2) is 22.4. The van der Waals surface area contributed by atoms with Crippen LogP contribution >= 0.6 is 0 Å². The van der Waals surface area contributed by atoms with Crippen LogP contribution in [0.4, 0.5) is 0 Å². The van der Waals surface area contributed by atoms with Gasteiger partial charge in [0.1, 0.15) is 48.1 Å². The number of nitrogens with zero attached hydrogens (tertiary/aromatic N) is 2. The number of likely N-dealkylation sites (N-methyl/N-ethyl adjacent to an activating group) is 1. The fourth-order valence-corrected chi connectivity index (χ4v) is 9.74. The largest absolute Gasteiger partial charge is 0.499 e. The molecule has 65 heavy (non-hydrogen) atoms. The minimum atomic E-state index is -1.54. The number of esters is 2. The van der Waals surface area contributed by atoms with Gasteiger partial charge >= 0.3 is 11.9 Å². The molecule has 0 radical (unpaired) electrons. The van der Waals surface area contributed by atoms with Crippen molar-refractivity contribution in [3.05, 3.63) is 77.5 Å². The molecule has 0 unspecified atom stereocenters. The van der Waals surface area contributed by atoms with Crippen LogP contribution < -0.4 is 5.32 Å². The van der Waals surface area contributed by atoms with Gasteiger partial charge in [-0.05, 0) is 62.8 Å². The maximum atomic E-state index is 15.8. The van der Waals surface area contributed by atoms with Crippen LogP contribution in [0.25, 0.3) is 6.08 Å². The van der Waals surface area contributed by atoms with Gasteiger partial charge in [0.15, 0.2) is 11.8 Å². The van der Waals surface area contributed by atoms with Crippen molar-refractivity contribution in [1.82, 2.24) is 15.3 Å². The third-order valence-corrected chi connectivity index (χ3v) is 12.9. The normalized spacial score (nSPS) is 25.4. The summed E-state index contributed by atoms with van der Waals surface area (Å²) < 4.78 is 31.1. The van der Waals surface area contributed by atoms with E-state index in [1.54, 1.807) is 39.0 Å². The molecule has 1 saturated carbocycles. The molecule has 3 aliphatic heterocycles. The second-order valence-corrected chi connectivity index (χ2v) is 19.0. The molecule has 6 rings (SSSR count). The van der Waals surface area contributed by atoms with Crippen molar-refractivity contribution >= 4 is 29.8 Å². The fraction of sp³-hybridized carbons (Fsp3) is 0.640. The lowest BCUT2D eigenvalue weighted by Crippen LogP contribution is -2.70. The van der Waals surface area contributed by atoms with E-state index in [4.69, 9.17) is 33.6 Å². The van der Waals surface area contributed by atoms with Gasteiger partial charge in [-0.1, -0.05) is 94.1 Å². The number of rotatable bonds is 24. The zero-order chi connectivity index (χ0) is 46.8. The zero-order valence-electron chi connectivity index (χ0n) is 39.1. The van der Waals surface area contributed by atoms with Crippen molar-refractivity contribution in [1.29, 1.82) is 0 Å². The SMILES string of the molecule is CCCCCC1(CCCCC)O[C@@H]2[C@H](O1)[C@H]1ON(Cc3ccc(C=COCCO)cc3)[C@@H]3C(=O)O[C@@H]2C[C@]13C(=O)N(C)[C@H](Cc1ccccc1)C(=O)N[C@H](CO)CCC(=O)OC(C)(C)C. The lowest BCUT2D eigenvalue weighted by molar-refractivity contribution is -0.225. The van der Waals surface area contributed by atoms with Gasteiger partial charge in [0.2, 0.25) is 11.8 Å². The Bertz CT molecular complexity index is 1910. The highest BCUT2D eigenvalue weighted by Crippen LogP contribution is 2.58. The third-order valence-electron chi connectivity index (χ3n) is 12.9. The van der Waals surface area contributed by atoms with E-state index in [1.807, 2.05) is 54.6 Å². The number of benzene rings is 2. The number of hydroxylamine groups is 2. The highest BCUT2D eigenvalue weighted by molar-refractivity contribution is 5.96. The molecule has 2 bridgehead atoms. The number of unbranched alkanes of at least 4 members (excludes halogenated alkanes) is 4. The van der Waals surface area contributed by atoms with Gasteiger partial charge in [0, 0.05) is 39.2 Å². The van der Waals surface area contributed by atoms with Gasteiger partial charge in [-0.25, -0.2) is 0 Å². The second-order valence-electron chi connectivity index (χ2n) is 19.0. The Balaban J connectivity index is 1.35. The number of nitrogens with one attached hydrogen (secondary N) is 1. The summed E-state index contributed by atoms with van der Waals surface area (Å²) in [4.78, 5) is 65.9. The van der Waals surface area contributed by atoms with Gasteiger partial charge in [-0.3, -0.25) is 24.0 Å². The maximum absolute atomic E-state index is 15.8. The molecule has 3 heterocycles. The van der Waals surface area contributed by atoms with E-state index < -0.39 is 89.7 Å². The van der Waals surface area contributed by atoms with Crippen LogP contribution in [-0.2, 0) is 60.7 Å². The van der Waals surface area contributed by atoms with Crippen LogP contribution in [0.15, 0.2) is 60.9 Å². The van der Waals surface area contributed by atoms with Crippen molar-refractivity contribution in [3.63, 3.8) is 0 Å². The van der Waals surface area contributed by atoms with E-state index >= 15 is 4.79 Å². The first kappa shape index (κ1) is 50.0. The molecule has 0 spiro atoms. The molecule has 0 aromatic heterocycles. The summed E-state index contributed by atoms with van der Waals surface area (Å²) in [6.45, 7) is 9.38. The number of carbonyl (C=O) groups excluding carboxylic acids is 4. The van der Waals surface area contributed by atoms with Crippen molar-refractivity contribution in [2.24, 2.45) is 5.41 Å². The van der Waals surface area contributed by atoms with Crippen LogP contribution in [0, 0.1) is 5.41 Å². The summed E-state index contributed by atoms with van der Waals surface area (Å²) in [5.74, 6) is -3.03. The summed E-state index contributed by atoms with van der Waals surface area (Å²) in [5, 5.41) is 23.9. The Labute approximate surface area is 384 Å². The predicted octanol–water partition coefficient (Wildman–Crippen LogP) is 5.78. The minimum absolute atomic E-state index is 0.0362. The van der Waals surface area contributed by atoms with Gasteiger partial charge in [-0.2, -0.15) is 5.06 Å². The number of amides is 2. The molecular weight excluding hydrogens is 835 g/mol. The quantitative estimate of drug-likeness (QED) is 0.0656. The van der Waals surface area contributed by atoms with Gasteiger partial charge in [0.25, 0.3) is 0 Å². The highest BCUT2D eigenvalue weighted by atomic mass is 16.8. The van der Waals surface area contributed by atoms with E-state index in [2.05, 4.69) is 19.2 Å². The number of aliphatic hydroxyl groups is 2. The number of fused-ring (bicyclic) bond motifs is 4. The standard InChI is InChI=1S/C50H71N3O12/c1-7-9-14-25-49(26-15-10-8-2)63-41-39-31-50(43(46(58)61-39)53(65-44(50)42(41)64-49)32-36-20-18-34(19-21-36)24-28-60-29-27-54)47(59)52(6)38(30-35-16-12-11-13-17-35)45(57)51-37(33-55)22-23-40(56)62-48(3,4)5/h11-13,16-21,24,28,37-39,41-44,54-55H,7-10,14-15,22-23,25-27,29-33H2,1-6H3,(H,51,57)/t37-,38+,39+,41-,42-,43+,44+,50+/m0/s1. The molecule has 3 N–H and O–H groups in total. The number of ether oxygens (including phenoxy) is 5. The third kappa shape index (κ3) is 12.0. The number of hydrogen-bond acceptors (Lipinski definition) is 13. The molecule has 15 nitrogen and oxygen atoms in total. The number of aliphatic hydroxyl groups excluding tert-OH is 2. The minimum Gasteiger partial charge on any atom is -0.499 e. The molecule has 358 valence electrons. The molecule has 1 aliphatic carbocycles. The van der Waals surface area contributed by atoms with Crippen LogP contribution in [0.5, 0.6) is 0 Å². The Morgan fingerprint density at radius 1 is 0.954 bits per heavy atom. The van der Waals surface area contributed by atoms with Gasteiger partial charge < -0.3 is 44.1 Å². The molecular formula is C50H71N3O12. The lowest BCUT2D eigenvalue weighted by Gasteiger charge is -2.50. The molecule has 2 aromatic rings. The van der Waals surface area contributed by atoms with Crippen molar-refractivity contribution in [3.8, 4) is 0 Å². The lowest BCUT2D eigenvalue weighted by atomic mass is 9.62. The van der Waals surface area contributed by atoms with Crippen LogP contribution in [0.1, 0.15) is 122 Å². The highest BCUT2D eigenvalue weighted by Gasteiger charge is 2.76. The summed E-state index contributed by atoms with van der Waals surface area (Å²) in [6.07, 6.45) is 7.40. The smallest absolute Gasteiger partial charge is 0.327 e. The average Bonchev–Trinajstić information content (AvgIpc) is 3.84. The summed E-state index contributed by atoms with van der Waals surface area (Å²) in [6, 6.07) is 13.8. The Kier molecular flexibility index (Phi) is 17.3. The predicted molar refractivity (Wildman–Crippen MR) is 241 cm³/mol. The first-order chi connectivity index (χ1) is 31.2. The Morgan fingerprint density at radius 3 is 2.26 bits per heavy atom. The molecule has 15 heteroatoms. The van der Waals surface area contributed by atoms with E-state index in [1.165, 1.54) is 11.2 Å². The maximum Gasteiger partial charge on any atom is 0.327 e. The molecule has 2 amide bonds.